The first kappa shape index (κ1) is 16.4. The molecular formula is C16H11ClF2N2O3. The zero-order chi connectivity index (χ0) is 17.4. The van der Waals surface area contributed by atoms with E-state index in [9.17, 15) is 23.6 Å². The Balaban J connectivity index is 2.02. The molecule has 0 aliphatic carbocycles. The molecule has 2 amide bonds. The lowest BCUT2D eigenvalue weighted by molar-refractivity contribution is -0.168. The number of hydrogen-bond acceptors (Lipinski definition) is 3. The molecule has 0 aromatic heterocycles. The van der Waals surface area contributed by atoms with Crippen LogP contribution in [-0.4, -0.2) is 33.5 Å². The minimum Gasteiger partial charge on any atom is -0.302 e. The minimum atomic E-state index is -1.22. The van der Waals surface area contributed by atoms with E-state index < -0.39 is 36.2 Å². The molecule has 1 aliphatic rings. The number of carbonyl (C=O) groups excluding carboxylic acids is 2. The third-order valence-electron chi connectivity index (χ3n) is 3.69. The van der Waals surface area contributed by atoms with Crippen LogP contribution in [0.25, 0.3) is 0 Å². The Hall–Kier alpha value is -2.51. The fourth-order valence-electron chi connectivity index (χ4n) is 2.54. The smallest absolute Gasteiger partial charge is 0.267 e. The van der Waals surface area contributed by atoms with Gasteiger partial charge < -0.3 is 4.90 Å². The van der Waals surface area contributed by atoms with Crippen molar-refractivity contribution in [2.75, 3.05) is 6.54 Å². The summed E-state index contributed by atoms with van der Waals surface area (Å²) in [6.45, 7) is -0.441. The van der Waals surface area contributed by atoms with Crippen molar-refractivity contribution in [3.63, 3.8) is 0 Å². The number of hydroxylamine groups is 2. The quantitative estimate of drug-likeness (QED) is 0.845. The summed E-state index contributed by atoms with van der Waals surface area (Å²) < 4.78 is 27.2. The molecule has 2 aromatic carbocycles. The van der Waals surface area contributed by atoms with Crippen LogP contribution in [0.1, 0.15) is 22.1 Å². The summed E-state index contributed by atoms with van der Waals surface area (Å²) in [4.78, 5) is 25.4. The van der Waals surface area contributed by atoms with Gasteiger partial charge in [-0.05, 0) is 29.8 Å². The van der Waals surface area contributed by atoms with Crippen molar-refractivity contribution in [2.24, 2.45) is 0 Å². The van der Waals surface area contributed by atoms with E-state index in [1.54, 1.807) is 0 Å². The second-order valence-electron chi connectivity index (χ2n) is 5.20. The molecule has 1 saturated heterocycles. The normalized spacial score (nSPS) is 17.5. The largest absolute Gasteiger partial charge is 0.302 e. The molecule has 0 bridgehead atoms. The van der Waals surface area contributed by atoms with E-state index in [1.807, 2.05) is 0 Å². The van der Waals surface area contributed by atoms with Crippen LogP contribution in [0.5, 0.6) is 0 Å². The van der Waals surface area contributed by atoms with Crippen molar-refractivity contribution in [1.29, 1.82) is 0 Å². The van der Waals surface area contributed by atoms with E-state index in [2.05, 4.69) is 0 Å². The predicted octanol–water partition coefficient (Wildman–Crippen LogP) is 2.99. The van der Waals surface area contributed by atoms with Gasteiger partial charge in [-0.3, -0.25) is 14.8 Å². The van der Waals surface area contributed by atoms with E-state index in [-0.39, 0.29) is 16.1 Å². The average Bonchev–Trinajstić information content (AvgIpc) is 2.85. The fourth-order valence-corrected chi connectivity index (χ4v) is 2.73. The maximum Gasteiger partial charge on any atom is 0.267 e. The predicted molar refractivity (Wildman–Crippen MR) is 80.2 cm³/mol. The highest BCUT2D eigenvalue weighted by atomic mass is 35.5. The van der Waals surface area contributed by atoms with Gasteiger partial charge in [0.15, 0.2) is 6.17 Å². The average molecular weight is 353 g/mol. The van der Waals surface area contributed by atoms with Gasteiger partial charge in [0.25, 0.3) is 11.8 Å². The summed E-state index contributed by atoms with van der Waals surface area (Å²) >= 11 is 5.72. The summed E-state index contributed by atoms with van der Waals surface area (Å²) in [5, 5.41) is 10.1. The van der Waals surface area contributed by atoms with Crippen molar-refractivity contribution in [3.05, 3.63) is 70.2 Å². The molecule has 0 saturated carbocycles. The number of rotatable bonds is 2. The molecule has 5 nitrogen and oxygen atoms in total. The maximum absolute atomic E-state index is 13.9. The minimum absolute atomic E-state index is 0.222. The van der Waals surface area contributed by atoms with Gasteiger partial charge in [-0.25, -0.2) is 8.78 Å². The van der Waals surface area contributed by atoms with Gasteiger partial charge >= 0.3 is 0 Å². The number of amides is 2. The molecule has 1 atom stereocenters. The number of nitrogens with zero attached hydrogens (tertiary/aromatic N) is 2. The first-order valence-corrected chi connectivity index (χ1v) is 7.29. The fraction of sp³-hybridized carbons (Fsp3) is 0.125. The molecule has 24 heavy (non-hydrogen) atoms. The summed E-state index contributed by atoms with van der Waals surface area (Å²) in [6.07, 6.45) is -1.22. The van der Waals surface area contributed by atoms with Crippen LogP contribution >= 0.6 is 11.6 Å². The van der Waals surface area contributed by atoms with Gasteiger partial charge in [0.2, 0.25) is 0 Å². The molecule has 1 N–H and O–H groups in total. The molecule has 1 unspecified atom stereocenters. The van der Waals surface area contributed by atoms with Gasteiger partial charge in [0.05, 0.1) is 10.6 Å². The number of carbonyl (C=O) groups is 2. The molecule has 0 radical (unpaired) electrons. The zero-order valence-electron chi connectivity index (χ0n) is 12.1. The van der Waals surface area contributed by atoms with Crippen LogP contribution < -0.4 is 0 Å². The Morgan fingerprint density at radius 1 is 1.17 bits per heavy atom. The molecule has 1 heterocycles. The lowest BCUT2D eigenvalue weighted by Crippen LogP contribution is -2.34. The van der Waals surface area contributed by atoms with Crippen LogP contribution in [-0.2, 0) is 4.79 Å². The van der Waals surface area contributed by atoms with Gasteiger partial charge in [-0.15, -0.1) is 0 Å². The summed E-state index contributed by atoms with van der Waals surface area (Å²) in [5.41, 5.74) is -0.0155. The van der Waals surface area contributed by atoms with E-state index in [0.717, 1.165) is 17.0 Å². The van der Waals surface area contributed by atoms with Crippen molar-refractivity contribution in [3.8, 4) is 0 Å². The highest BCUT2D eigenvalue weighted by molar-refractivity contribution is 6.30. The SMILES string of the molecule is O=C1CN(C(=O)c2ccccc2F)C(c2ccc(F)c(Cl)c2)N1O. The van der Waals surface area contributed by atoms with Crippen molar-refractivity contribution in [1.82, 2.24) is 9.96 Å². The molecule has 2 aromatic rings. The highest BCUT2D eigenvalue weighted by Gasteiger charge is 2.42. The second kappa shape index (κ2) is 6.18. The molecule has 3 rings (SSSR count). The lowest BCUT2D eigenvalue weighted by Gasteiger charge is -2.26. The van der Waals surface area contributed by atoms with Gasteiger partial charge in [0.1, 0.15) is 18.2 Å². The Morgan fingerprint density at radius 3 is 2.54 bits per heavy atom. The second-order valence-corrected chi connectivity index (χ2v) is 5.61. The molecular weight excluding hydrogens is 342 g/mol. The summed E-state index contributed by atoms with van der Waals surface area (Å²) in [5.74, 6) is -2.95. The molecule has 0 spiro atoms. The third kappa shape index (κ3) is 2.72. The maximum atomic E-state index is 13.9. The summed E-state index contributed by atoms with van der Waals surface area (Å²) in [6, 6.07) is 8.84. The van der Waals surface area contributed by atoms with Crippen LogP contribution in [0.15, 0.2) is 42.5 Å². The van der Waals surface area contributed by atoms with Gasteiger partial charge in [0, 0.05) is 0 Å². The first-order valence-electron chi connectivity index (χ1n) is 6.91. The van der Waals surface area contributed by atoms with Crippen LogP contribution in [0.4, 0.5) is 8.78 Å². The molecule has 1 aliphatic heterocycles. The summed E-state index contributed by atoms with van der Waals surface area (Å²) in [7, 11) is 0. The highest BCUT2D eigenvalue weighted by Crippen LogP contribution is 2.32. The first-order chi connectivity index (χ1) is 11.4. The molecule has 124 valence electrons. The molecule has 8 heteroatoms. The number of halogens is 3. The van der Waals surface area contributed by atoms with Crippen molar-refractivity contribution in [2.45, 2.75) is 6.17 Å². The van der Waals surface area contributed by atoms with Crippen LogP contribution in [0.2, 0.25) is 5.02 Å². The standard InChI is InChI=1S/C16H11ClF2N2O3/c17-11-7-9(5-6-13(11)19)15-20(8-14(22)21(15)24)16(23)10-3-1-2-4-12(10)18/h1-7,15,24H,8H2. The van der Waals surface area contributed by atoms with E-state index in [4.69, 9.17) is 11.6 Å². The van der Waals surface area contributed by atoms with E-state index in [0.29, 0.717) is 5.06 Å². The Kier molecular flexibility index (Phi) is 4.21. The third-order valence-corrected chi connectivity index (χ3v) is 3.98. The van der Waals surface area contributed by atoms with Gasteiger partial charge in [-0.2, -0.15) is 5.06 Å². The Morgan fingerprint density at radius 2 is 1.88 bits per heavy atom. The Bertz CT molecular complexity index is 831. The van der Waals surface area contributed by atoms with E-state index >= 15 is 0 Å². The Labute approximate surface area is 140 Å². The van der Waals surface area contributed by atoms with Crippen LogP contribution in [0, 0.1) is 11.6 Å². The zero-order valence-corrected chi connectivity index (χ0v) is 12.9. The van der Waals surface area contributed by atoms with Crippen molar-refractivity contribution < 1.29 is 23.6 Å². The van der Waals surface area contributed by atoms with Gasteiger partial charge in [-0.1, -0.05) is 29.8 Å². The monoisotopic (exact) mass is 352 g/mol. The van der Waals surface area contributed by atoms with Crippen LogP contribution in [0.3, 0.4) is 0 Å². The topological polar surface area (TPSA) is 60.9 Å². The number of benzene rings is 2. The lowest BCUT2D eigenvalue weighted by atomic mass is 10.1. The number of hydrogen-bond donors (Lipinski definition) is 1. The van der Waals surface area contributed by atoms with Crippen molar-refractivity contribution >= 4 is 23.4 Å². The molecule has 1 fully saturated rings. The van der Waals surface area contributed by atoms with E-state index in [1.165, 1.54) is 30.3 Å².